The van der Waals surface area contributed by atoms with Gasteiger partial charge in [-0.05, 0) is 69.2 Å². The van der Waals surface area contributed by atoms with E-state index in [1.807, 2.05) is 36.5 Å². The third-order valence-electron chi connectivity index (χ3n) is 5.76. The van der Waals surface area contributed by atoms with Crippen LogP contribution in [0.5, 0.6) is 0 Å². The van der Waals surface area contributed by atoms with Crippen LogP contribution in [0.4, 0.5) is 17.2 Å². The Bertz CT molecular complexity index is 966. The minimum Gasteiger partial charge on any atom is -0.372 e. The third-order valence-corrected chi connectivity index (χ3v) is 5.76. The monoisotopic (exact) mass is 419 g/mol. The van der Waals surface area contributed by atoms with Gasteiger partial charge in [-0.15, -0.1) is 10.2 Å². The third kappa shape index (κ3) is 4.84. The zero-order chi connectivity index (χ0) is 21.6. The molecule has 1 atom stereocenters. The molecular formula is C23H29N7O. The highest BCUT2D eigenvalue weighted by atomic mass is 16.1. The van der Waals surface area contributed by atoms with Crippen LogP contribution in [0.2, 0.25) is 0 Å². The molecule has 1 fully saturated rings. The Morgan fingerprint density at radius 1 is 1.10 bits per heavy atom. The lowest BCUT2D eigenvalue weighted by atomic mass is 9.97. The van der Waals surface area contributed by atoms with Gasteiger partial charge in [0.1, 0.15) is 0 Å². The predicted molar refractivity (Wildman–Crippen MR) is 123 cm³/mol. The van der Waals surface area contributed by atoms with Crippen molar-refractivity contribution >= 4 is 23.1 Å². The number of aromatic nitrogens is 4. The molecule has 1 aliphatic rings. The number of carbonyl (C=O) groups excluding carboxylic acids is 1. The van der Waals surface area contributed by atoms with Crippen molar-refractivity contribution < 1.29 is 4.79 Å². The number of anilines is 3. The summed E-state index contributed by atoms with van der Waals surface area (Å²) in [6.45, 7) is 7.72. The van der Waals surface area contributed by atoms with Crippen molar-refractivity contribution in [3.8, 4) is 5.82 Å². The number of hydrogen-bond acceptors (Lipinski definition) is 6. The highest BCUT2D eigenvalue weighted by Crippen LogP contribution is 2.24. The quantitative estimate of drug-likeness (QED) is 0.633. The minimum absolute atomic E-state index is 0.0569. The average Bonchev–Trinajstić information content (AvgIpc) is 3.36. The van der Waals surface area contributed by atoms with Gasteiger partial charge in [0.15, 0.2) is 11.6 Å². The van der Waals surface area contributed by atoms with Gasteiger partial charge in [0.2, 0.25) is 5.91 Å². The summed E-state index contributed by atoms with van der Waals surface area (Å²) in [7, 11) is 0. The topological polar surface area (TPSA) is 79.2 Å². The van der Waals surface area contributed by atoms with E-state index in [1.165, 1.54) is 5.69 Å². The van der Waals surface area contributed by atoms with E-state index in [-0.39, 0.29) is 11.8 Å². The van der Waals surface area contributed by atoms with Crippen LogP contribution in [0.3, 0.4) is 0 Å². The number of hydrogen-bond donors (Lipinski definition) is 1. The van der Waals surface area contributed by atoms with Gasteiger partial charge < -0.3 is 15.1 Å². The molecule has 1 aromatic carbocycles. The normalized spacial score (nSPS) is 16.2. The number of nitrogens with zero attached hydrogens (tertiary/aromatic N) is 6. The first-order valence-electron chi connectivity index (χ1n) is 10.9. The van der Waals surface area contributed by atoms with Gasteiger partial charge in [0.25, 0.3) is 0 Å². The molecule has 3 heterocycles. The summed E-state index contributed by atoms with van der Waals surface area (Å²) < 4.78 is 1.68. The first-order chi connectivity index (χ1) is 15.2. The summed E-state index contributed by atoms with van der Waals surface area (Å²) in [4.78, 5) is 17.3. The standard InChI is InChI=1S/C23H29N7O/c1-3-28(4-2)20-10-8-19(9-11-20)25-23(31)18-7-5-15-29(17-18)21-12-13-22(27-26-21)30-16-6-14-24-30/h6,8-14,16,18H,3-5,7,15,17H2,1-2H3,(H,25,31). The van der Waals surface area contributed by atoms with E-state index in [1.54, 1.807) is 10.9 Å². The summed E-state index contributed by atoms with van der Waals surface area (Å²) in [6, 6.07) is 13.8. The van der Waals surface area contributed by atoms with Crippen LogP contribution < -0.4 is 15.1 Å². The number of benzene rings is 1. The van der Waals surface area contributed by atoms with Gasteiger partial charge in [0, 0.05) is 49.9 Å². The molecule has 8 heteroatoms. The van der Waals surface area contributed by atoms with E-state index >= 15 is 0 Å². The molecule has 162 valence electrons. The van der Waals surface area contributed by atoms with E-state index in [9.17, 15) is 4.79 Å². The SMILES string of the molecule is CCN(CC)c1ccc(NC(=O)C2CCCN(c3ccc(-n4cccn4)nn3)C2)cc1. The molecule has 1 aliphatic heterocycles. The van der Waals surface area contributed by atoms with Crippen molar-refractivity contribution in [2.45, 2.75) is 26.7 Å². The second-order valence-corrected chi connectivity index (χ2v) is 7.69. The van der Waals surface area contributed by atoms with Crippen molar-refractivity contribution in [2.75, 3.05) is 41.3 Å². The van der Waals surface area contributed by atoms with Crippen molar-refractivity contribution in [3.05, 3.63) is 54.9 Å². The molecule has 1 saturated heterocycles. The highest BCUT2D eigenvalue weighted by molar-refractivity contribution is 5.93. The number of rotatable bonds is 7. The van der Waals surface area contributed by atoms with E-state index in [2.05, 4.69) is 56.4 Å². The molecule has 1 unspecified atom stereocenters. The Morgan fingerprint density at radius 2 is 1.84 bits per heavy atom. The summed E-state index contributed by atoms with van der Waals surface area (Å²) in [5.41, 5.74) is 2.00. The van der Waals surface area contributed by atoms with Crippen LogP contribution in [-0.2, 0) is 4.79 Å². The molecule has 0 radical (unpaired) electrons. The first-order valence-corrected chi connectivity index (χ1v) is 10.9. The van der Waals surface area contributed by atoms with Crippen molar-refractivity contribution in [3.63, 3.8) is 0 Å². The maximum atomic E-state index is 12.9. The van der Waals surface area contributed by atoms with Crippen LogP contribution in [0.15, 0.2) is 54.9 Å². The first kappa shape index (κ1) is 20.8. The van der Waals surface area contributed by atoms with E-state index < -0.39 is 0 Å². The lowest BCUT2D eigenvalue weighted by molar-refractivity contribution is -0.120. The molecular weight excluding hydrogens is 390 g/mol. The van der Waals surface area contributed by atoms with Gasteiger partial charge in [-0.1, -0.05) is 0 Å². The maximum absolute atomic E-state index is 12.9. The summed E-state index contributed by atoms with van der Waals surface area (Å²) in [5, 5.41) is 15.9. The Kier molecular flexibility index (Phi) is 6.45. The second kappa shape index (κ2) is 9.59. The largest absolute Gasteiger partial charge is 0.372 e. The Labute approximate surface area is 182 Å². The van der Waals surface area contributed by atoms with Gasteiger partial charge in [-0.25, -0.2) is 4.68 Å². The van der Waals surface area contributed by atoms with Crippen LogP contribution in [0.1, 0.15) is 26.7 Å². The lowest BCUT2D eigenvalue weighted by Gasteiger charge is -2.32. The molecule has 31 heavy (non-hydrogen) atoms. The Hall–Kier alpha value is -3.42. The molecule has 0 aliphatic carbocycles. The summed E-state index contributed by atoms with van der Waals surface area (Å²) >= 11 is 0. The smallest absolute Gasteiger partial charge is 0.229 e. The van der Waals surface area contributed by atoms with E-state index in [0.717, 1.165) is 44.0 Å². The lowest BCUT2D eigenvalue weighted by Crippen LogP contribution is -2.41. The highest BCUT2D eigenvalue weighted by Gasteiger charge is 2.27. The van der Waals surface area contributed by atoms with Crippen molar-refractivity contribution in [1.82, 2.24) is 20.0 Å². The van der Waals surface area contributed by atoms with Gasteiger partial charge in [-0.2, -0.15) is 5.10 Å². The molecule has 1 amide bonds. The zero-order valence-electron chi connectivity index (χ0n) is 18.1. The predicted octanol–water partition coefficient (Wildman–Crippen LogP) is 3.36. The van der Waals surface area contributed by atoms with Crippen LogP contribution in [0, 0.1) is 5.92 Å². The molecule has 0 spiro atoms. The van der Waals surface area contributed by atoms with Gasteiger partial charge in [-0.3, -0.25) is 4.79 Å². The van der Waals surface area contributed by atoms with Gasteiger partial charge in [0.05, 0.1) is 5.92 Å². The summed E-state index contributed by atoms with van der Waals surface area (Å²) in [6.07, 6.45) is 5.36. The summed E-state index contributed by atoms with van der Waals surface area (Å²) in [5.74, 6) is 1.44. The molecule has 0 bridgehead atoms. The van der Waals surface area contributed by atoms with Crippen molar-refractivity contribution in [1.29, 1.82) is 0 Å². The van der Waals surface area contributed by atoms with Crippen LogP contribution in [0.25, 0.3) is 5.82 Å². The number of piperidine rings is 1. The molecule has 0 saturated carbocycles. The molecule has 1 N–H and O–H groups in total. The number of amides is 1. The Balaban J connectivity index is 1.37. The molecule has 2 aromatic heterocycles. The maximum Gasteiger partial charge on any atom is 0.229 e. The molecule has 4 rings (SSSR count). The number of carbonyl (C=O) groups is 1. The molecule has 3 aromatic rings. The minimum atomic E-state index is -0.0798. The second-order valence-electron chi connectivity index (χ2n) is 7.69. The zero-order valence-corrected chi connectivity index (χ0v) is 18.1. The van der Waals surface area contributed by atoms with E-state index in [4.69, 9.17) is 0 Å². The van der Waals surface area contributed by atoms with Gasteiger partial charge >= 0.3 is 0 Å². The van der Waals surface area contributed by atoms with Crippen molar-refractivity contribution in [2.24, 2.45) is 5.92 Å². The van der Waals surface area contributed by atoms with E-state index in [0.29, 0.717) is 12.4 Å². The average molecular weight is 420 g/mol. The van der Waals surface area contributed by atoms with Crippen LogP contribution >= 0.6 is 0 Å². The molecule has 8 nitrogen and oxygen atoms in total. The fraction of sp³-hybridized carbons (Fsp3) is 0.391. The Morgan fingerprint density at radius 3 is 2.48 bits per heavy atom. The number of nitrogens with one attached hydrogen (secondary N) is 1. The fourth-order valence-electron chi connectivity index (χ4n) is 4.00. The van der Waals surface area contributed by atoms with Crippen LogP contribution in [-0.4, -0.2) is 52.1 Å². The fourth-order valence-corrected chi connectivity index (χ4v) is 4.00.